The first kappa shape index (κ1) is 8.44. The third-order valence-electron chi connectivity index (χ3n) is 2.46. The fourth-order valence-electron chi connectivity index (χ4n) is 1.71. The van der Waals surface area contributed by atoms with Crippen LogP contribution in [0.4, 0.5) is 0 Å². The van der Waals surface area contributed by atoms with Gasteiger partial charge in [-0.1, -0.05) is 0 Å². The summed E-state index contributed by atoms with van der Waals surface area (Å²) in [6, 6.07) is 1.90. The maximum Gasteiger partial charge on any atom is 0.126 e. The second-order valence-electron chi connectivity index (χ2n) is 3.26. The van der Waals surface area contributed by atoms with Gasteiger partial charge in [0.25, 0.3) is 0 Å². The molecular weight excluding hydrogens is 168 g/mol. The Labute approximate surface area is 76.5 Å². The quantitative estimate of drug-likeness (QED) is 0.629. The largest absolute Gasteiger partial charge is 0.371 e. The number of rotatable bonds is 2. The number of carbonyl (C=O) groups excluding carboxylic acids is 1. The predicted molar refractivity (Wildman–Crippen MR) is 46.1 cm³/mol. The molecule has 0 aliphatic carbocycles. The molecule has 70 valence electrons. The third-order valence-corrected chi connectivity index (χ3v) is 2.46. The van der Waals surface area contributed by atoms with Gasteiger partial charge in [-0.15, -0.1) is 0 Å². The smallest absolute Gasteiger partial charge is 0.126 e. The Morgan fingerprint density at radius 2 is 2.62 bits per heavy atom. The van der Waals surface area contributed by atoms with Gasteiger partial charge in [0.15, 0.2) is 0 Å². The van der Waals surface area contributed by atoms with Crippen molar-refractivity contribution in [2.75, 3.05) is 6.61 Å². The minimum Gasteiger partial charge on any atom is -0.371 e. The lowest BCUT2D eigenvalue weighted by Crippen LogP contribution is -2.12. The normalized spacial score (nSPS) is 27.8. The van der Waals surface area contributed by atoms with Gasteiger partial charge in [-0.05, 0) is 12.5 Å². The van der Waals surface area contributed by atoms with E-state index in [1.807, 2.05) is 13.1 Å². The molecule has 0 bridgehead atoms. The fraction of sp³-hybridized carbons (Fsp3) is 0.556. The zero-order valence-electron chi connectivity index (χ0n) is 7.51. The highest BCUT2D eigenvalue weighted by Gasteiger charge is 2.30. The maximum absolute atomic E-state index is 10.7. The first-order valence-corrected chi connectivity index (χ1v) is 4.37. The molecule has 2 heterocycles. The summed E-state index contributed by atoms with van der Waals surface area (Å²) >= 11 is 0. The van der Waals surface area contributed by atoms with Crippen molar-refractivity contribution >= 4 is 6.29 Å². The molecular formula is C9H12N2O2. The van der Waals surface area contributed by atoms with Crippen LogP contribution in [0.15, 0.2) is 12.3 Å². The van der Waals surface area contributed by atoms with Crippen LogP contribution < -0.4 is 0 Å². The SMILES string of the molecule is Cn1nccc1[C@H]1OCC[C@@H]1C=O. The molecule has 0 N–H and O–H groups in total. The fourth-order valence-corrected chi connectivity index (χ4v) is 1.71. The first-order chi connectivity index (χ1) is 6.33. The van der Waals surface area contributed by atoms with Gasteiger partial charge >= 0.3 is 0 Å². The summed E-state index contributed by atoms with van der Waals surface area (Å²) in [7, 11) is 1.86. The predicted octanol–water partition coefficient (Wildman–Crippen LogP) is 0.697. The number of carbonyl (C=O) groups is 1. The summed E-state index contributed by atoms with van der Waals surface area (Å²) in [5.41, 5.74) is 0.981. The molecule has 0 saturated carbocycles. The van der Waals surface area contributed by atoms with Crippen LogP contribution in [0.2, 0.25) is 0 Å². The van der Waals surface area contributed by atoms with Gasteiger partial charge in [0.1, 0.15) is 12.4 Å². The molecule has 2 rings (SSSR count). The molecule has 1 aliphatic rings. The van der Waals surface area contributed by atoms with Crippen molar-refractivity contribution in [3.05, 3.63) is 18.0 Å². The van der Waals surface area contributed by atoms with E-state index in [0.29, 0.717) is 6.61 Å². The first-order valence-electron chi connectivity index (χ1n) is 4.37. The summed E-state index contributed by atoms with van der Waals surface area (Å²) in [5.74, 6) is -0.00426. The van der Waals surface area contributed by atoms with Crippen molar-refractivity contribution in [1.29, 1.82) is 0 Å². The molecule has 4 nitrogen and oxygen atoms in total. The second kappa shape index (κ2) is 3.30. The minimum atomic E-state index is -0.0926. The molecule has 0 radical (unpaired) electrons. The lowest BCUT2D eigenvalue weighted by Gasteiger charge is -2.13. The van der Waals surface area contributed by atoms with Gasteiger partial charge in [0.2, 0.25) is 0 Å². The average Bonchev–Trinajstić information content (AvgIpc) is 2.71. The molecule has 1 aliphatic heterocycles. The highest BCUT2D eigenvalue weighted by molar-refractivity contribution is 5.55. The van der Waals surface area contributed by atoms with Crippen molar-refractivity contribution in [3.63, 3.8) is 0 Å². The standard InChI is InChI=1S/C9H12N2O2/c1-11-8(2-4-10-11)9-7(6-12)3-5-13-9/h2,4,6-7,9H,3,5H2,1H3/t7-,9+/m1/s1. The zero-order chi connectivity index (χ0) is 9.26. The third kappa shape index (κ3) is 1.37. The average molecular weight is 180 g/mol. The number of aryl methyl sites for hydroxylation is 1. The number of hydrogen-bond acceptors (Lipinski definition) is 3. The van der Waals surface area contributed by atoms with E-state index in [4.69, 9.17) is 4.74 Å². The monoisotopic (exact) mass is 180 g/mol. The van der Waals surface area contributed by atoms with E-state index in [-0.39, 0.29) is 12.0 Å². The Bertz CT molecular complexity index is 308. The molecule has 0 unspecified atom stereocenters. The molecule has 1 aromatic rings. The summed E-state index contributed by atoms with van der Waals surface area (Å²) in [4.78, 5) is 10.7. The van der Waals surface area contributed by atoms with Gasteiger partial charge in [0.05, 0.1) is 5.69 Å². The molecule has 2 atom stereocenters. The van der Waals surface area contributed by atoms with Crippen LogP contribution >= 0.6 is 0 Å². The van der Waals surface area contributed by atoms with Gasteiger partial charge in [-0.3, -0.25) is 4.68 Å². The molecule has 1 fully saturated rings. The lowest BCUT2D eigenvalue weighted by molar-refractivity contribution is -0.112. The maximum atomic E-state index is 10.7. The van der Waals surface area contributed by atoms with Gasteiger partial charge in [-0.25, -0.2) is 0 Å². The Hall–Kier alpha value is -1.16. The van der Waals surface area contributed by atoms with Crippen molar-refractivity contribution in [1.82, 2.24) is 9.78 Å². The number of ether oxygens (including phenoxy) is 1. The van der Waals surface area contributed by atoms with Crippen molar-refractivity contribution in [3.8, 4) is 0 Å². The number of aldehydes is 1. The summed E-state index contributed by atoms with van der Waals surface area (Å²) in [5, 5.41) is 4.05. The van der Waals surface area contributed by atoms with Gasteiger partial charge in [0, 0.05) is 25.8 Å². The van der Waals surface area contributed by atoms with Crippen molar-refractivity contribution in [2.45, 2.75) is 12.5 Å². The Kier molecular flexibility index (Phi) is 2.14. The van der Waals surface area contributed by atoms with Crippen LogP contribution in [0.5, 0.6) is 0 Å². The molecule has 0 aromatic carbocycles. The Morgan fingerprint density at radius 3 is 3.23 bits per heavy atom. The van der Waals surface area contributed by atoms with Crippen LogP contribution in [-0.4, -0.2) is 22.7 Å². The van der Waals surface area contributed by atoms with E-state index in [2.05, 4.69) is 5.10 Å². The van der Waals surface area contributed by atoms with E-state index in [9.17, 15) is 4.79 Å². The Morgan fingerprint density at radius 1 is 1.77 bits per heavy atom. The number of nitrogens with zero attached hydrogens (tertiary/aromatic N) is 2. The van der Waals surface area contributed by atoms with Crippen LogP contribution in [0, 0.1) is 5.92 Å². The summed E-state index contributed by atoms with van der Waals surface area (Å²) in [6.45, 7) is 0.666. The molecule has 1 aromatic heterocycles. The number of aromatic nitrogens is 2. The topological polar surface area (TPSA) is 44.1 Å². The van der Waals surface area contributed by atoms with Crippen molar-refractivity contribution < 1.29 is 9.53 Å². The number of hydrogen-bond donors (Lipinski definition) is 0. The van der Waals surface area contributed by atoms with Crippen LogP contribution in [0.3, 0.4) is 0 Å². The van der Waals surface area contributed by atoms with E-state index in [1.54, 1.807) is 10.9 Å². The van der Waals surface area contributed by atoms with Crippen LogP contribution in [0.1, 0.15) is 18.2 Å². The highest BCUT2D eigenvalue weighted by Crippen LogP contribution is 2.32. The zero-order valence-corrected chi connectivity index (χ0v) is 7.51. The highest BCUT2D eigenvalue weighted by atomic mass is 16.5. The molecule has 0 spiro atoms. The molecule has 0 amide bonds. The summed E-state index contributed by atoms with van der Waals surface area (Å²) < 4.78 is 7.25. The minimum absolute atomic E-state index is 0.00426. The summed E-state index contributed by atoms with van der Waals surface area (Å²) in [6.07, 6.45) is 3.42. The van der Waals surface area contributed by atoms with Gasteiger partial charge < -0.3 is 9.53 Å². The van der Waals surface area contributed by atoms with E-state index in [0.717, 1.165) is 18.4 Å². The van der Waals surface area contributed by atoms with E-state index >= 15 is 0 Å². The molecule has 4 heteroatoms. The van der Waals surface area contributed by atoms with Crippen molar-refractivity contribution in [2.24, 2.45) is 13.0 Å². The Balaban J connectivity index is 2.25. The van der Waals surface area contributed by atoms with E-state index < -0.39 is 0 Å². The van der Waals surface area contributed by atoms with E-state index in [1.165, 1.54) is 0 Å². The van der Waals surface area contributed by atoms with Crippen LogP contribution in [-0.2, 0) is 16.6 Å². The van der Waals surface area contributed by atoms with Gasteiger partial charge in [-0.2, -0.15) is 5.10 Å². The second-order valence-corrected chi connectivity index (χ2v) is 3.26. The molecule has 13 heavy (non-hydrogen) atoms. The molecule has 1 saturated heterocycles. The lowest BCUT2D eigenvalue weighted by atomic mass is 10.0. The van der Waals surface area contributed by atoms with Crippen LogP contribution in [0.25, 0.3) is 0 Å².